The predicted molar refractivity (Wildman–Crippen MR) is 83.5 cm³/mol. The smallest absolute Gasteiger partial charge is 0.237 e. The minimum atomic E-state index is -0.728. The van der Waals surface area contributed by atoms with Crippen molar-refractivity contribution in [1.82, 2.24) is 10.2 Å². The van der Waals surface area contributed by atoms with Crippen molar-refractivity contribution in [3.8, 4) is 5.75 Å². The number of aliphatic hydroxyl groups is 1. The van der Waals surface area contributed by atoms with Crippen LogP contribution >= 0.6 is 0 Å². The van der Waals surface area contributed by atoms with Gasteiger partial charge in [0.25, 0.3) is 0 Å². The molecule has 118 valence electrons. The Morgan fingerprint density at radius 3 is 2.71 bits per heavy atom. The second-order valence-electron chi connectivity index (χ2n) is 5.41. The van der Waals surface area contributed by atoms with E-state index in [1.54, 1.807) is 0 Å². The van der Waals surface area contributed by atoms with Crippen molar-refractivity contribution in [2.75, 3.05) is 27.2 Å². The first-order valence-electron chi connectivity index (χ1n) is 7.25. The highest BCUT2D eigenvalue weighted by molar-refractivity contribution is 5.81. The number of rotatable bonds is 8. The molecule has 5 nitrogen and oxygen atoms in total. The second-order valence-corrected chi connectivity index (χ2v) is 5.41. The fourth-order valence-electron chi connectivity index (χ4n) is 2.08. The Kier molecular flexibility index (Phi) is 7.19. The highest BCUT2D eigenvalue weighted by Gasteiger charge is 2.19. The van der Waals surface area contributed by atoms with Crippen LogP contribution in [0.4, 0.5) is 0 Å². The van der Waals surface area contributed by atoms with Gasteiger partial charge in [0.2, 0.25) is 5.91 Å². The van der Waals surface area contributed by atoms with E-state index in [9.17, 15) is 9.90 Å². The van der Waals surface area contributed by atoms with Crippen molar-refractivity contribution in [1.29, 1.82) is 0 Å². The molecule has 5 heteroatoms. The number of hydrogen-bond donors (Lipinski definition) is 2. The van der Waals surface area contributed by atoms with E-state index in [-0.39, 0.29) is 25.1 Å². The third kappa shape index (κ3) is 6.14. The third-order valence-corrected chi connectivity index (χ3v) is 3.26. The van der Waals surface area contributed by atoms with Crippen LogP contribution in [0, 0.1) is 6.92 Å². The second kappa shape index (κ2) is 8.64. The number of aryl methyl sites for hydroxylation is 1. The van der Waals surface area contributed by atoms with Crippen LogP contribution in [-0.2, 0) is 4.79 Å². The number of carbonyl (C=O) groups excluding carboxylic acids is 1. The van der Waals surface area contributed by atoms with E-state index in [1.807, 2.05) is 57.1 Å². The lowest BCUT2D eigenvalue weighted by molar-refractivity contribution is -0.126. The maximum absolute atomic E-state index is 11.9. The lowest BCUT2D eigenvalue weighted by Crippen LogP contribution is -2.46. The van der Waals surface area contributed by atoms with Gasteiger partial charge < -0.3 is 15.2 Å². The lowest BCUT2D eigenvalue weighted by Gasteiger charge is -2.22. The van der Waals surface area contributed by atoms with Crippen molar-refractivity contribution in [2.45, 2.75) is 32.4 Å². The SMILES string of the molecule is CCC(C(=O)NCC(O)COc1cccc(C)c1)N(C)C. The topological polar surface area (TPSA) is 61.8 Å². The van der Waals surface area contributed by atoms with E-state index in [4.69, 9.17) is 4.74 Å². The molecule has 1 rings (SSSR count). The summed E-state index contributed by atoms with van der Waals surface area (Å²) in [4.78, 5) is 13.8. The maximum Gasteiger partial charge on any atom is 0.237 e. The first-order valence-corrected chi connectivity index (χ1v) is 7.25. The van der Waals surface area contributed by atoms with E-state index in [1.165, 1.54) is 0 Å². The van der Waals surface area contributed by atoms with E-state index in [0.717, 1.165) is 17.7 Å². The average molecular weight is 294 g/mol. The van der Waals surface area contributed by atoms with Crippen molar-refractivity contribution in [2.24, 2.45) is 0 Å². The Morgan fingerprint density at radius 1 is 1.43 bits per heavy atom. The summed E-state index contributed by atoms with van der Waals surface area (Å²) in [5.41, 5.74) is 1.10. The van der Waals surface area contributed by atoms with Crippen LogP contribution < -0.4 is 10.1 Å². The predicted octanol–water partition coefficient (Wildman–Crippen LogP) is 1.19. The first-order chi connectivity index (χ1) is 9.93. The summed E-state index contributed by atoms with van der Waals surface area (Å²) < 4.78 is 5.50. The minimum Gasteiger partial charge on any atom is -0.491 e. The fourth-order valence-corrected chi connectivity index (χ4v) is 2.08. The van der Waals surface area contributed by atoms with E-state index >= 15 is 0 Å². The number of nitrogens with zero attached hydrogens (tertiary/aromatic N) is 1. The van der Waals surface area contributed by atoms with Crippen LogP contribution in [0.3, 0.4) is 0 Å². The molecule has 0 aliphatic heterocycles. The number of nitrogens with one attached hydrogen (secondary N) is 1. The summed E-state index contributed by atoms with van der Waals surface area (Å²) in [5.74, 6) is 0.650. The zero-order valence-electron chi connectivity index (χ0n) is 13.3. The number of aliphatic hydroxyl groups excluding tert-OH is 1. The average Bonchev–Trinajstić information content (AvgIpc) is 2.43. The van der Waals surface area contributed by atoms with Gasteiger partial charge in [0.1, 0.15) is 18.5 Å². The summed E-state index contributed by atoms with van der Waals surface area (Å²) >= 11 is 0. The van der Waals surface area contributed by atoms with Gasteiger partial charge in [-0.1, -0.05) is 19.1 Å². The first kappa shape index (κ1) is 17.5. The standard InChI is InChI=1S/C16H26N2O3/c1-5-15(18(3)4)16(20)17-10-13(19)11-21-14-8-6-7-12(2)9-14/h6-9,13,15,19H,5,10-11H2,1-4H3,(H,17,20). The molecule has 0 saturated carbocycles. The molecule has 0 spiro atoms. The van der Waals surface area contributed by atoms with Crippen LogP contribution in [-0.4, -0.2) is 55.3 Å². The van der Waals surface area contributed by atoms with Gasteiger partial charge >= 0.3 is 0 Å². The number of likely N-dealkylation sites (N-methyl/N-ethyl adjacent to an activating group) is 1. The lowest BCUT2D eigenvalue weighted by atomic mass is 10.2. The van der Waals surface area contributed by atoms with Crippen molar-refractivity contribution in [3.05, 3.63) is 29.8 Å². The molecule has 0 radical (unpaired) electrons. The molecule has 21 heavy (non-hydrogen) atoms. The number of benzene rings is 1. The minimum absolute atomic E-state index is 0.0721. The molecule has 0 fully saturated rings. The summed E-state index contributed by atoms with van der Waals surface area (Å²) in [7, 11) is 3.73. The molecular weight excluding hydrogens is 268 g/mol. The Hall–Kier alpha value is -1.59. The van der Waals surface area contributed by atoms with Crippen molar-refractivity contribution in [3.63, 3.8) is 0 Å². The zero-order valence-corrected chi connectivity index (χ0v) is 13.3. The Bertz CT molecular complexity index is 449. The van der Waals surface area contributed by atoms with Gasteiger partial charge in [-0.2, -0.15) is 0 Å². The monoisotopic (exact) mass is 294 g/mol. The molecule has 0 aromatic heterocycles. The number of carbonyl (C=O) groups is 1. The molecule has 0 saturated heterocycles. The number of amides is 1. The molecule has 2 N–H and O–H groups in total. The van der Waals surface area contributed by atoms with E-state index in [0.29, 0.717) is 0 Å². The van der Waals surface area contributed by atoms with Crippen LogP contribution in [0.2, 0.25) is 0 Å². The van der Waals surface area contributed by atoms with Gasteiger partial charge in [-0.05, 0) is 45.1 Å². The largest absolute Gasteiger partial charge is 0.491 e. The molecule has 2 unspecified atom stereocenters. The maximum atomic E-state index is 11.9. The number of ether oxygens (including phenoxy) is 1. The quantitative estimate of drug-likeness (QED) is 0.756. The van der Waals surface area contributed by atoms with E-state index in [2.05, 4.69) is 5.32 Å². The molecule has 0 heterocycles. The van der Waals surface area contributed by atoms with Crippen LogP contribution in [0.25, 0.3) is 0 Å². The Labute approximate surface area is 126 Å². The summed E-state index contributed by atoms with van der Waals surface area (Å²) in [5, 5.41) is 12.6. The summed E-state index contributed by atoms with van der Waals surface area (Å²) in [6.07, 6.45) is 0.00322. The molecule has 1 aromatic carbocycles. The molecule has 0 aliphatic rings. The van der Waals surface area contributed by atoms with Crippen molar-refractivity contribution < 1.29 is 14.6 Å². The van der Waals surface area contributed by atoms with Gasteiger partial charge in [0.15, 0.2) is 0 Å². The summed E-state index contributed by atoms with van der Waals surface area (Å²) in [6, 6.07) is 7.47. The Balaban J connectivity index is 2.34. The molecule has 2 atom stereocenters. The zero-order chi connectivity index (χ0) is 15.8. The normalized spacial score (nSPS) is 13.8. The van der Waals surface area contributed by atoms with Crippen molar-refractivity contribution >= 4 is 5.91 Å². The highest BCUT2D eigenvalue weighted by Crippen LogP contribution is 2.12. The Morgan fingerprint density at radius 2 is 2.14 bits per heavy atom. The van der Waals surface area contributed by atoms with Gasteiger partial charge in [-0.3, -0.25) is 9.69 Å². The summed E-state index contributed by atoms with van der Waals surface area (Å²) in [6.45, 7) is 4.29. The molecule has 1 amide bonds. The van der Waals surface area contributed by atoms with Crippen LogP contribution in [0.15, 0.2) is 24.3 Å². The third-order valence-electron chi connectivity index (χ3n) is 3.26. The highest BCUT2D eigenvalue weighted by atomic mass is 16.5. The van der Waals surface area contributed by atoms with Gasteiger partial charge in [0, 0.05) is 6.54 Å². The number of hydrogen-bond acceptors (Lipinski definition) is 4. The van der Waals surface area contributed by atoms with E-state index < -0.39 is 6.10 Å². The van der Waals surface area contributed by atoms with Crippen LogP contribution in [0.5, 0.6) is 5.75 Å². The molecular formula is C16H26N2O3. The molecule has 0 aliphatic carbocycles. The van der Waals surface area contributed by atoms with Gasteiger partial charge in [0.05, 0.1) is 6.04 Å². The molecule has 1 aromatic rings. The fraction of sp³-hybridized carbons (Fsp3) is 0.562. The van der Waals surface area contributed by atoms with Gasteiger partial charge in [-0.25, -0.2) is 0 Å². The molecule has 0 bridgehead atoms. The van der Waals surface area contributed by atoms with Gasteiger partial charge in [-0.15, -0.1) is 0 Å². The van der Waals surface area contributed by atoms with Crippen LogP contribution in [0.1, 0.15) is 18.9 Å².